The topological polar surface area (TPSA) is 42.0 Å². The number of pyridine rings is 1. The van der Waals surface area contributed by atoms with Gasteiger partial charge in [0.2, 0.25) is 0 Å². The molecule has 0 saturated carbocycles. The normalized spacial score (nSPS) is 11.9. The molecule has 0 spiro atoms. The molecule has 1 unspecified atom stereocenters. The van der Waals surface area contributed by atoms with Crippen molar-refractivity contribution in [3.05, 3.63) is 64.9 Å². The number of hydrogen-bond acceptors (Lipinski definition) is 2. The number of nitrogens with zero attached hydrogens (tertiary/aromatic N) is 1. The summed E-state index contributed by atoms with van der Waals surface area (Å²) in [6.07, 6.45) is 3.19. The highest BCUT2D eigenvalue weighted by molar-refractivity contribution is 6.30. The highest BCUT2D eigenvalue weighted by Crippen LogP contribution is 2.17. The molecule has 0 aliphatic carbocycles. The molecule has 1 N–H and O–H groups in total. The van der Waals surface area contributed by atoms with Gasteiger partial charge in [-0.05, 0) is 36.8 Å². The van der Waals surface area contributed by atoms with Gasteiger partial charge in [-0.1, -0.05) is 23.7 Å². The third-order valence-electron chi connectivity index (χ3n) is 2.64. The highest BCUT2D eigenvalue weighted by atomic mass is 35.5. The van der Waals surface area contributed by atoms with E-state index >= 15 is 0 Å². The molecule has 92 valence electrons. The van der Waals surface area contributed by atoms with E-state index in [1.54, 1.807) is 24.5 Å². The summed E-state index contributed by atoms with van der Waals surface area (Å²) in [5.74, 6) is -0.120. The van der Waals surface area contributed by atoms with Gasteiger partial charge in [0, 0.05) is 23.0 Å². The van der Waals surface area contributed by atoms with Crippen LogP contribution in [0.5, 0.6) is 0 Å². The SMILES string of the molecule is CC(NC(=O)c1ccncc1)c1cccc(Cl)c1. The first-order chi connectivity index (χ1) is 8.66. The Hall–Kier alpha value is -1.87. The molecule has 1 aromatic carbocycles. The maximum Gasteiger partial charge on any atom is 0.251 e. The quantitative estimate of drug-likeness (QED) is 0.921. The van der Waals surface area contributed by atoms with Gasteiger partial charge >= 0.3 is 0 Å². The number of hydrogen-bond donors (Lipinski definition) is 1. The number of amides is 1. The van der Waals surface area contributed by atoms with Crippen LogP contribution in [-0.4, -0.2) is 10.9 Å². The van der Waals surface area contributed by atoms with Gasteiger partial charge in [0.15, 0.2) is 0 Å². The molecule has 4 heteroatoms. The molecule has 1 amide bonds. The van der Waals surface area contributed by atoms with Gasteiger partial charge < -0.3 is 5.32 Å². The highest BCUT2D eigenvalue weighted by Gasteiger charge is 2.11. The van der Waals surface area contributed by atoms with Crippen LogP contribution in [0, 0.1) is 0 Å². The molecule has 18 heavy (non-hydrogen) atoms. The molecule has 1 atom stereocenters. The fraction of sp³-hybridized carbons (Fsp3) is 0.143. The Morgan fingerprint density at radius 3 is 2.67 bits per heavy atom. The van der Waals surface area contributed by atoms with E-state index in [1.807, 2.05) is 31.2 Å². The number of carbonyl (C=O) groups is 1. The van der Waals surface area contributed by atoms with Crippen LogP contribution in [0.2, 0.25) is 5.02 Å². The molecule has 3 nitrogen and oxygen atoms in total. The standard InChI is InChI=1S/C14H13ClN2O/c1-10(12-3-2-4-13(15)9-12)17-14(18)11-5-7-16-8-6-11/h2-10H,1H3,(H,17,18). The lowest BCUT2D eigenvalue weighted by molar-refractivity contribution is 0.0940. The number of halogens is 1. The summed E-state index contributed by atoms with van der Waals surface area (Å²) < 4.78 is 0. The van der Waals surface area contributed by atoms with Crippen LogP contribution >= 0.6 is 11.6 Å². The Bertz CT molecular complexity index is 543. The number of rotatable bonds is 3. The minimum Gasteiger partial charge on any atom is -0.346 e. The van der Waals surface area contributed by atoms with Crippen LogP contribution in [0.4, 0.5) is 0 Å². The van der Waals surface area contributed by atoms with E-state index in [0.717, 1.165) is 5.56 Å². The zero-order valence-corrected chi connectivity index (χ0v) is 10.7. The lowest BCUT2D eigenvalue weighted by Gasteiger charge is -2.14. The first-order valence-corrected chi connectivity index (χ1v) is 6.01. The minimum atomic E-state index is -0.120. The van der Waals surface area contributed by atoms with Crippen molar-refractivity contribution in [3.8, 4) is 0 Å². The van der Waals surface area contributed by atoms with Crippen molar-refractivity contribution in [2.75, 3.05) is 0 Å². The summed E-state index contributed by atoms with van der Waals surface area (Å²) in [4.78, 5) is 15.8. The van der Waals surface area contributed by atoms with Gasteiger partial charge in [-0.15, -0.1) is 0 Å². The number of benzene rings is 1. The molecular formula is C14H13ClN2O. The zero-order chi connectivity index (χ0) is 13.0. The van der Waals surface area contributed by atoms with Crippen LogP contribution in [-0.2, 0) is 0 Å². The third-order valence-corrected chi connectivity index (χ3v) is 2.87. The second-order valence-corrected chi connectivity index (χ2v) is 4.42. The Morgan fingerprint density at radius 2 is 2.00 bits per heavy atom. The summed E-state index contributed by atoms with van der Waals surface area (Å²) in [5.41, 5.74) is 1.57. The molecule has 1 aromatic heterocycles. The summed E-state index contributed by atoms with van der Waals surface area (Å²) in [6.45, 7) is 1.92. The Morgan fingerprint density at radius 1 is 1.28 bits per heavy atom. The minimum absolute atomic E-state index is 0.0932. The first kappa shape index (κ1) is 12.6. The van der Waals surface area contributed by atoms with Crippen LogP contribution < -0.4 is 5.32 Å². The van der Waals surface area contributed by atoms with E-state index in [-0.39, 0.29) is 11.9 Å². The van der Waals surface area contributed by atoms with Crippen LogP contribution in [0.25, 0.3) is 0 Å². The van der Waals surface area contributed by atoms with E-state index in [2.05, 4.69) is 10.3 Å². The molecule has 1 heterocycles. The van der Waals surface area contributed by atoms with Crippen LogP contribution in [0.3, 0.4) is 0 Å². The Kier molecular flexibility index (Phi) is 3.95. The fourth-order valence-corrected chi connectivity index (χ4v) is 1.84. The number of aromatic nitrogens is 1. The number of nitrogens with one attached hydrogen (secondary N) is 1. The molecule has 0 aliphatic rings. The molecule has 2 aromatic rings. The maximum absolute atomic E-state index is 11.9. The van der Waals surface area contributed by atoms with Crippen molar-refractivity contribution >= 4 is 17.5 Å². The van der Waals surface area contributed by atoms with E-state index in [4.69, 9.17) is 11.6 Å². The predicted octanol–water partition coefficient (Wildman–Crippen LogP) is 3.23. The van der Waals surface area contributed by atoms with Crippen molar-refractivity contribution in [2.24, 2.45) is 0 Å². The molecule has 0 saturated heterocycles. The average Bonchev–Trinajstić information content (AvgIpc) is 2.39. The van der Waals surface area contributed by atoms with Gasteiger partial charge in [0.1, 0.15) is 0 Å². The molecule has 2 rings (SSSR count). The first-order valence-electron chi connectivity index (χ1n) is 5.63. The van der Waals surface area contributed by atoms with Crippen LogP contribution in [0.15, 0.2) is 48.8 Å². The Balaban J connectivity index is 2.08. The summed E-state index contributed by atoms with van der Waals surface area (Å²) in [6, 6.07) is 10.7. The smallest absolute Gasteiger partial charge is 0.251 e. The molecule has 0 fully saturated rings. The van der Waals surface area contributed by atoms with Crippen LogP contribution in [0.1, 0.15) is 28.9 Å². The maximum atomic E-state index is 11.9. The second kappa shape index (κ2) is 5.65. The summed E-state index contributed by atoms with van der Waals surface area (Å²) >= 11 is 5.92. The largest absolute Gasteiger partial charge is 0.346 e. The number of carbonyl (C=O) groups excluding carboxylic acids is 1. The lowest BCUT2D eigenvalue weighted by atomic mass is 10.1. The van der Waals surface area contributed by atoms with Crippen molar-refractivity contribution in [2.45, 2.75) is 13.0 Å². The van der Waals surface area contributed by atoms with Gasteiger partial charge in [-0.2, -0.15) is 0 Å². The monoisotopic (exact) mass is 260 g/mol. The predicted molar refractivity (Wildman–Crippen MR) is 71.6 cm³/mol. The lowest BCUT2D eigenvalue weighted by Crippen LogP contribution is -2.26. The molecule has 0 aliphatic heterocycles. The van der Waals surface area contributed by atoms with Gasteiger partial charge in [-0.3, -0.25) is 9.78 Å². The van der Waals surface area contributed by atoms with E-state index < -0.39 is 0 Å². The van der Waals surface area contributed by atoms with Crippen molar-refractivity contribution in [1.82, 2.24) is 10.3 Å². The third kappa shape index (κ3) is 3.08. The average molecular weight is 261 g/mol. The zero-order valence-electron chi connectivity index (χ0n) is 9.93. The van der Waals surface area contributed by atoms with Crippen molar-refractivity contribution in [3.63, 3.8) is 0 Å². The van der Waals surface area contributed by atoms with E-state index in [0.29, 0.717) is 10.6 Å². The van der Waals surface area contributed by atoms with Crippen molar-refractivity contribution < 1.29 is 4.79 Å². The van der Waals surface area contributed by atoms with Gasteiger partial charge in [0.25, 0.3) is 5.91 Å². The summed E-state index contributed by atoms with van der Waals surface area (Å²) in [7, 11) is 0. The van der Waals surface area contributed by atoms with Gasteiger partial charge in [-0.25, -0.2) is 0 Å². The van der Waals surface area contributed by atoms with Gasteiger partial charge in [0.05, 0.1) is 6.04 Å². The Labute approximate surface area is 111 Å². The molecule has 0 bridgehead atoms. The molecular weight excluding hydrogens is 248 g/mol. The second-order valence-electron chi connectivity index (χ2n) is 3.99. The molecule has 0 radical (unpaired) electrons. The van der Waals surface area contributed by atoms with E-state index in [1.165, 1.54) is 0 Å². The fourth-order valence-electron chi connectivity index (χ4n) is 1.64. The summed E-state index contributed by atoms with van der Waals surface area (Å²) in [5, 5.41) is 3.58. The van der Waals surface area contributed by atoms with Crippen molar-refractivity contribution in [1.29, 1.82) is 0 Å². The van der Waals surface area contributed by atoms with E-state index in [9.17, 15) is 4.79 Å².